The topological polar surface area (TPSA) is 55.2 Å². The molecule has 0 saturated heterocycles. The van der Waals surface area contributed by atoms with Crippen LogP contribution in [-0.4, -0.2) is 11.7 Å². The van der Waals surface area contributed by atoms with Crippen LogP contribution in [0.1, 0.15) is 110 Å². The van der Waals surface area contributed by atoms with Gasteiger partial charge in [0.1, 0.15) is 0 Å². The third-order valence-electron chi connectivity index (χ3n) is 4.01. The summed E-state index contributed by atoms with van der Waals surface area (Å²) in [5, 5.41) is 8.67. The van der Waals surface area contributed by atoms with E-state index >= 15 is 0 Å². The Morgan fingerprint density at radius 1 is 0.450 bits per heavy atom. The van der Waals surface area contributed by atoms with Crippen molar-refractivity contribution in [1.29, 1.82) is 0 Å². The Bertz CT molecular complexity index is 134. The van der Waals surface area contributed by atoms with Crippen LogP contribution in [-0.2, 0) is 0 Å². The van der Waals surface area contributed by atoms with Crippen LogP contribution in [0.15, 0.2) is 0 Å². The lowest BCUT2D eigenvalue weighted by Gasteiger charge is -2.03. The minimum atomic E-state index is 0. The first-order chi connectivity index (χ1) is 9.41. The lowest BCUT2D eigenvalue weighted by atomic mass is 10.0. The number of hydrogen-bond acceptors (Lipinski definition) is 2. The summed E-state index contributed by atoms with van der Waals surface area (Å²) >= 11 is 0. The first kappa shape index (κ1) is 22.2. The molecular weight excluding hydrogens is 246 g/mol. The van der Waals surface area contributed by atoms with Gasteiger partial charge in [0.25, 0.3) is 0 Å². The molecule has 0 heterocycles. The smallest absolute Gasteiger partial charge is 0.0431 e. The number of aliphatic hydroxyl groups is 1. The van der Waals surface area contributed by atoms with E-state index < -0.39 is 0 Å². The number of aliphatic hydroxyl groups excluding tert-OH is 1. The Morgan fingerprint density at radius 3 is 0.950 bits per heavy atom. The third kappa shape index (κ3) is 20.2. The summed E-state index contributed by atoms with van der Waals surface area (Å²) in [6.45, 7) is 2.66. The molecule has 0 saturated carbocycles. The number of rotatable bonds is 16. The van der Waals surface area contributed by atoms with E-state index in [2.05, 4.69) is 6.92 Å². The first-order valence-corrected chi connectivity index (χ1v) is 9.02. The second kappa shape index (κ2) is 21.2. The molecule has 0 spiro atoms. The highest BCUT2D eigenvalue weighted by Crippen LogP contribution is 2.13. The lowest BCUT2D eigenvalue weighted by molar-refractivity contribution is 0.282. The van der Waals surface area contributed by atoms with Gasteiger partial charge < -0.3 is 11.3 Å². The van der Waals surface area contributed by atoms with E-state index in [1.807, 2.05) is 0 Å². The maximum Gasteiger partial charge on any atom is 0.0431 e. The van der Waals surface area contributed by atoms with Crippen LogP contribution in [0.25, 0.3) is 0 Å². The molecule has 20 heavy (non-hydrogen) atoms. The quantitative estimate of drug-likeness (QED) is 0.323. The zero-order valence-electron chi connectivity index (χ0n) is 14.2. The minimum Gasteiger partial charge on any atom is -0.396 e. The van der Waals surface area contributed by atoms with Crippen molar-refractivity contribution in [3.8, 4) is 0 Å². The standard InChI is InChI=1S/C18H38O.H3N/c1-2-3-4-5-6-7-8-9-10-11-12-13-14-15-16-17-18-19;/h19H,2-18H2,1H3;1H3. The van der Waals surface area contributed by atoms with E-state index in [1.165, 1.54) is 96.3 Å². The summed E-state index contributed by atoms with van der Waals surface area (Å²) < 4.78 is 0. The van der Waals surface area contributed by atoms with E-state index in [0.717, 1.165) is 6.42 Å². The molecule has 2 heteroatoms. The van der Waals surface area contributed by atoms with E-state index in [-0.39, 0.29) is 6.15 Å². The van der Waals surface area contributed by atoms with Crippen LogP contribution in [0.2, 0.25) is 0 Å². The van der Waals surface area contributed by atoms with E-state index in [1.54, 1.807) is 0 Å². The molecule has 0 aliphatic heterocycles. The molecule has 0 atom stereocenters. The van der Waals surface area contributed by atoms with Gasteiger partial charge in [0.2, 0.25) is 0 Å². The van der Waals surface area contributed by atoms with Crippen molar-refractivity contribution in [2.75, 3.05) is 6.61 Å². The molecule has 0 aliphatic carbocycles. The minimum absolute atomic E-state index is 0. The highest BCUT2D eigenvalue weighted by atomic mass is 16.2. The maximum atomic E-state index is 8.67. The monoisotopic (exact) mass is 287 g/mol. The molecule has 0 aromatic carbocycles. The summed E-state index contributed by atoms with van der Waals surface area (Å²) in [6.07, 6.45) is 22.2. The summed E-state index contributed by atoms with van der Waals surface area (Å²) in [4.78, 5) is 0. The summed E-state index contributed by atoms with van der Waals surface area (Å²) in [7, 11) is 0. The maximum absolute atomic E-state index is 8.67. The zero-order valence-corrected chi connectivity index (χ0v) is 14.2. The van der Waals surface area contributed by atoms with Crippen LogP contribution in [0.3, 0.4) is 0 Å². The second-order valence-electron chi connectivity index (χ2n) is 6.03. The predicted molar refractivity (Wildman–Crippen MR) is 91.7 cm³/mol. The van der Waals surface area contributed by atoms with Gasteiger partial charge in [0.05, 0.1) is 0 Å². The van der Waals surface area contributed by atoms with E-state index in [0.29, 0.717) is 6.61 Å². The summed E-state index contributed by atoms with van der Waals surface area (Å²) in [6, 6.07) is 0. The molecule has 4 N–H and O–H groups in total. The fraction of sp³-hybridized carbons (Fsp3) is 1.00. The molecule has 0 unspecified atom stereocenters. The van der Waals surface area contributed by atoms with Gasteiger partial charge in [-0.3, -0.25) is 0 Å². The normalized spacial score (nSPS) is 10.5. The van der Waals surface area contributed by atoms with Crippen molar-refractivity contribution in [2.24, 2.45) is 0 Å². The molecule has 0 rings (SSSR count). The molecule has 0 amide bonds. The molecule has 0 bridgehead atoms. The Labute approximate surface area is 128 Å². The van der Waals surface area contributed by atoms with Gasteiger partial charge in [0, 0.05) is 6.61 Å². The van der Waals surface area contributed by atoms with Gasteiger partial charge in [0.15, 0.2) is 0 Å². The molecule has 0 fully saturated rings. The van der Waals surface area contributed by atoms with Crippen molar-refractivity contribution in [3.05, 3.63) is 0 Å². The van der Waals surface area contributed by atoms with Crippen LogP contribution in [0, 0.1) is 0 Å². The second-order valence-corrected chi connectivity index (χ2v) is 6.03. The van der Waals surface area contributed by atoms with E-state index in [9.17, 15) is 0 Å². The lowest BCUT2D eigenvalue weighted by Crippen LogP contribution is -1.85. The predicted octanol–water partition coefficient (Wildman–Crippen LogP) is 6.40. The largest absolute Gasteiger partial charge is 0.396 e. The summed E-state index contributed by atoms with van der Waals surface area (Å²) in [5.41, 5.74) is 0. The van der Waals surface area contributed by atoms with Crippen molar-refractivity contribution in [2.45, 2.75) is 110 Å². The molecule has 2 nitrogen and oxygen atoms in total. The Kier molecular flexibility index (Phi) is 23.6. The fourth-order valence-corrected chi connectivity index (χ4v) is 2.66. The Morgan fingerprint density at radius 2 is 0.700 bits per heavy atom. The van der Waals surface area contributed by atoms with Crippen molar-refractivity contribution >= 4 is 0 Å². The van der Waals surface area contributed by atoms with Gasteiger partial charge >= 0.3 is 0 Å². The zero-order chi connectivity index (χ0) is 14.0. The highest BCUT2D eigenvalue weighted by molar-refractivity contribution is 4.49. The van der Waals surface area contributed by atoms with Gasteiger partial charge in [-0.25, -0.2) is 0 Å². The van der Waals surface area contributed by atoms with Crippen LogP contribution in [0.4, 0.5) is 0 Å². The van der Waals surface area contributed by atoms with Gasteiger partial charge in [-0.15, -0.1) is 0 Å². The summed E-state index contributed by atoms with van der Waals surface area (Å²) in [5.74, 6) is 0. The average molecular weight is 288 g/mol. The molecule has 0 aliphatic rings. The SMILES string of the molecule is CCCCCCCCCCCCCCCCCCO.N. The van der Waals surface area contributed by atoms with Gasteiger partial charge in [-0.2, -0.15) is 0 Å². The van der Waals surface area contributed by atoms with Crippen LogP contribution >= 0.6 is 0 Å². The molecular formula is C18H41NO. The van der Waals surface area contributed by atoms with Gasteiger partial charge in [-0.05, 0) is 6.42 Å². The first-order valence-electron chi connectivity index (χ1n) is 9.02. The molecule has 0 aromatic rings. The van der Waals surface area contributed by atoms with Crippen LogP contribution < -0.4 is 6.15 Å². The third-order valence-corrected chi connectivity index (χ3v) is 4.01. The van der Waals surface area contributed by atoms with Crippen molar-refractivity contribution < 1.29 is 5.11 Å². The van der Waals surface area contributed by atoms with Crippen molar-refractivity contribution in [1.82, 2.24) is 6.15 Å². The number of hydrogen-bond donors (Lipinski definition) is 2. The van der Waals surface area contributed by atoms with Crippen LogP contribution in [0.5, 0.6) is 0 Å². The number of unbranched alkanes of at least 4 members (excludes halogenated alkanes) is 15. The van der Waals surface area contributed by atoms with Crippen molar-refractivity contribution in [3.63, 3.8) is 0 Å². The fourth-order valence-electron chi connectivity index (χ4n) is 2.66. The Balaban J connectivity index is 0. The molecule has 124 valence electrons. The van der Waals surface area contributed by atoms with E-state index in [4.69, 9.17) is 5.11 Å². The molecule has 0 radical (unpaired) electrons. The highest BCUT2D eigenvalue weighted by Gasteiger charge is 1.94. The average Bonchev–Trinajstić information content (AvgIpc) is 2.43. The molecule has 0 aromatic heterocycles. The van der Waals surface area contributed by atoms with Gasteiger partial charge in [-0.1, -0.05) is 103 Å². The Hall–Kier alpha value is -0.0800.